The molecule has 0 saturated carbocycles. The molecule has 0 saturated heterocycles. The first kappa shape index (κ1) is 20.7. The van der Waals surface area contributed by atoms with Crippen LogP contribution in [0.15, 0.2) is 97.1 Å². The van der Waals surface area contributed by atoms with Crippen LogP contribution in [0.4, 0.5) is 0 Å². The summed E-state index contributed by atoms with van der Waals surface area (Å²) in [6.45, 7) is 0. The second-order valence-corrected chi connectivity index (χ2v) is 6.77. The van der Waals surface area contributed by atoms with Gasteiger partial charge in [-0.25, -0.2) is 4.79 Å². The van der Waals surface area contributed by atoms with Gasteiger partial charge in [-0.2, -0.15) is 0 Å². The van der Waals surface area contributed by atoms with Gasteiger partial charge in [0.1, 0.15) is 40.8 Å². The Morgan fingerprint density at radius 2 is 1.00 bits per heavy atom. The lowest BCUT2D eigenvalue weighted by atomic mass is 10.2. The molecule has 32 heavy (non-hydrogen) atoms. The SMILES string of the molecule is O=Cc1ccc(Oc2ccc(C(=O)Oc3ccc(Oc4ccc(O)cc4)cc3)cc2)cc1. The number of carbonyl (C=O) groups excluding carboxylic acids is 2. The largest absolute Gasteiger partial charge is 0.508 e. The van der Waals surface area contributed by atoms with Crippen LogP contribution in [0.25, 0.3) is 0 Å². The van der Waals surface area contributed by atoms with E-state index < -0.39 is 5.97 Å². The molecule has 0 aromatic heterocycles. The fourth-order valence-electron chi connectivity index (χ4n) is 2.80. The lowest BCUT2D eigenvalue weighted by Gasteiger charge is -2.09. The average molecular weight is 426 g/mol. The van der Waals surface area contributed by atoms with E-state index in [1.54, 1.807) is 84.9 Å². The third-order valence-electron chi connectivity index (χ3n) is 4.45. The molecule has 0 aliphatic rings. The van der Waals surface area contributed by atoms with E-state index in [4.69, 9.17) is 14.2 Å². The highest BCUT2D eigenvalue weighted by molar-refractivity contribution is 5.91. The first-order chi connectivity index (χ1) is 15.6. The van der Waals surface area contributed by atoms with E-state index in [1.807, 2.05) is 0 Å². The van der Waals surface area contributed by atoms with Crippen LogP contribution in [0.5, 0.6) is 34.5 Å². The maximum absolute atomic E-state index is 12.4. The summed E-state index contributed by atoms with van der Waals surface area (Å²) in [7, 11) is 0. The number of esters is 1. The van der Waals surface area contributed by atoms with E-state index in [-0.39, 0.29) is 5.75 Å². The summed E-state index contributed by atoms with van der Waals surface area (Å²) in [6.07, 6.45) is 0.764. The zero-order valence-corrected chi connectivity index (χ0v) is 16.8. The number of aldehydes is 1. The van der Waals surface area contributed by atoms with Crippen molar-refractivity contribution in [3.63, 3.8) is 0 Å². The minimum atomic E-state index is -0.501. The van der Waals surface area contributed by atoms with Crippen molar-refractivity contribution in [2.75, 3.05) is 0 Å². The minimum absolute atomic E-state index is 0.160. The van der Waals surface area contributed by atoms with Crippen LogP contribution in [-0.2, 0) is 0 Å². The number of rotatable bonds is 7. The molecule has 1 N–H and O–H groups in total. The maximum atomic E-state index is 12.4. The van der Waals surface area contributed by atoms with Crippen LogP contribution >= 0.6 is 0 Å². The summed E-state index contributed by atoms with van der Waals surface area (Å²) >= 11 is 0. The van der Waals surface area contributed by atoms with Gasteiger partial charge in [0.05, 0.1) is 5.56 Å². The minimum Gasteiger partial charge on any atom is -0.508 e. The molecule has 4 rings (SSSR count). The van der Waals surface area contributed by atoms with Crippen molar-refractivity contribution in [3.8, 4) is 34.5 Å². The Balaban J connectivity index is 1.34. The smallest absolute Gasteiger partial charge is 0.343 e. The summed E-state index contributed by atoms with van der Waals surface area (Å²) < 4.78 is 16.8. The first-order valence-electron chi connectivity index (χ1n) is 9.71. The summed E-state index contributed by atoms with van der Waals surface area (Å²) in [6, 6.07) is 26.3. The van der Waals surface area contributed by atoms with Gasteiger partial charge < -0.3 is 19.3 Å². The number of hydrogen-bond acceptors (Lipinski definition) is 6. The van der Waals surface area contributed by atoms with Crippen LogP contribution < -0.4 is 14.2 Å². The molecule has 0 unspecified atom stereocenters. The lowest BCUT2D eigenvalue weighted by Crippen LogP contribution is -2.08. The molecule has 0 bridgehead atoms. The van der Waals surface area contributed by atoms with E-state index in [0.29, 0.717) is 39.9 Å². The van der Waals surface area contributed by atoms with Crippen LogP contribution in [0.2, 0.25) is 0 Å². The Kier molecular flexibility index (Phi) is 6.13. The molecule has 0 radical (unpaired) electrons. The molecule has 6 nitrogen and oxygen atoms in total. The fraction of sp³-hybridized carbons (Fsp3) is 0. The summed E-state index contributed by atoms with van der Waals surface area (Å²) in [4.78, 5) is 23.1. The third kappa shape index (κ3) is 5.31. The lowest BCUT2D eigenvalue weighted by molar-refractivity contribution is 0.0734. The van der Waals surface area contributed by atoms with Crippen molar-refractivity contribution in [1.29, 1.82) is 0 Å². The number of phenols is 1. The Labute approximate surface area is 184 Å². The van der Waals surface area contributed by atoms with Gasteiger partial charge in [0, 0.05) is 5.56 Å². The van der Waals surface area contributed by atoms with Gasteiger partial charge in [-0.1, -0.05) is 0 Å². The standard InChI is InChI=1S/C26H18O6/c27-17-18-1-7-21(8-2-18)30-22-9-3-19(4-10-22)26(29)32-25-15-13-24(14-16-25)31-23-11-5-20(28)6-12-23/h1-17,28H. The molecule has 0 aliphatic heterocycles. The van der Waals surface area contributed by atoms with Crippen molar-refractivity contribution in [1.82, 2.24) is 0 Å². The molecule has 158 valence electrons. The van der Waals surface area contributed by atoms with Gasteiger partial charge >= 0.3 is 5.97 Å². The highest BCUT2D eigenvalue weighted by Gasteiger charge is 2.10. The molecule has 4 aromatic rings. The van der Waals surface area contributed by atoms with Crippen molar-refractivity contribution in [2.24, 2.45) is 0 Å². The fourth-order valence-corrected chi connectivity index (χ4v) is 2.80. The number of hydrogen-bond donors (Lipinski definition) is 1. The van der Waals surface area contributed by atoms with E-state index >= 15 is 0 Å². The zero-order valence-electron chi connectivity index (χ0n) is 16.8. The molecule has 0 aliphatic carbocycles. The van der Waals surface area contributed by atoms with Gasteiger partial charge in [0.2, 0.25) is 0 Å². The van der Waals surface area contributed by atoms with E-state index in [0.717, 1.165) is 6.29 Å². The average Bonchev–Trinajstić information content (AvgIpc) is 2.83. The molecule has 6 heteroatoms. The topological polar surface area (TPSA) is 82.1 Å². The second kappa shape index (κ2) is 9.49. The molecule has 0 spiro atoms. The highest BCUT2D eigenvalue weighted by atomic mass is 16.5. The van der Waals surface area contributed by atoms with Crippen molar-refractivity contribution in [3.05, 3.63) is 108 Å². The van der Waals surface area contributed by atoms with E-state index in [2.05, 4.69) is 0 Å². The second-order valence-electron chi connectivity index (χ2n) is 6.77. The molecule has 0 atom stereocenters. The van der Waals surface area contributed by atoms with Crippen LogP contribution in [0, 0.1) is 0 Å². The Hall–Kier alpha value is -4.58. The van der Waals surface area contributed by atoms with Gasteiger partial charge in [-0.05, 0) is 97.1 Å². The molecular formula is C26H18O6. The van der Waals surface area contributed by atoms with Gasteiger partial charge in [-0.3, -0.25) is 4.79 Å². The predicted molar refractivity (Wildman–Crippen MR) is 118 cm³/mol. The first-order valence-corrected chi connectivity index (χ1v) is 9.71. The van der Waals surface area contributed by atoms with Crippen LogP contribution in [0.1, 0.15) is 20.7 Å². The number of aromatic hydroxyl groups is 1. The summed E-state index contributed by atoms with van der Waals surface area (Å²) in [5.41, 5.74) is 0.938. The van der Waals surface area contributed by atoms with E-state index in [9.17, 15) is 14.7 Å². The molecule has 0 amide bonds. The van der Waals surface area contributed by atoms with Crippen molar-refractivity contribution < 1.29 is 28.9 Å². The van der Waals surface area contributed by atoms with E-state index in [1.165, 1.54) is 12.1 Å². The van der Waals surface area contributed by atoms with Gasteiger partial charge in [0.25, 0.3) is 0 Å². The molecule has 0 fully saturated rings. The number of ether oxygens (including phenoxy) is 3. The number of phenolic OH excluding ortho intramolecular Hbond substituents is 1. The zero-order chi connectivity index (χ0) is 22.3. The number of benzene rings is 4. The highest BCUT2D eigenvalue weighted by Crippen LogP contribution is 2.26. The van der Waals surface area contributed by atoms with Crippen LogP contribution in [0.3, 0.4) is 0 Å². The monoisotopic (exact) mass is 426 g/mol. The molecule has 0 heterocycles. The normalized spacial score (nSPS) is 10.2. The van der Waals surface area contributed by atoms with Gasteiger partial charge in [0.15, 0.2) is 0 Å². The maximum Gasteiger partial charge on any atom is 0.343 e. The Bertz CT molecular complexity index is 1200. The number of carbonyl (C=O) groups is 2. The summed E-state index contributed by atoms with van der Waals surface area (Å²) in [5, 5.41) is 9.31. The van der Waals surface area contributed by atoms with Crippen molar-refractivity contribution in [2.45, 2.75) is 0 Å². The summed E-state index contributed by atoms with van der Waals surface area (Å²) in [5.74, 6) is 2.32. The third-order valence-corrected chi connectivity index (χ3v) is 4.45. The quantitative estimate of drug-likeness (QED) is 0.221. The molecular weight excluding hydrogens is 408 g/mol. The Morgan fingerprint density at radius 1 is 0.594 bits per heavy atom. The molecule has 4 aromatic carbocycles. The predicted octanol–water partition coefficient (Wildman–Crippen LogP) is 6.01. The van der Waals surface area contributed by atoms with Crippen LogP contribution in [-0.4, -0.2) is 17.4 Å². The van der Waals surface area contributed by atoms with Crippen molar-refractivity contribution >= 4 is 12.3 Å². The van der Waals surface area contributed by atoms with Gasteiger partial charge in [-0.15, -0.1) is 0 Å². The Morgan fingerprint density at radius 3 is 1.50 bits per heavy atom.